The van der Waals surface area contributed by atoms with Gasteiger partial charge in [0.1, 0.15) is 5.82 Å². The lowest BCUT2D eigenvalue weighted by Gasteiger charge is -2.35. The van der Waals surface area contributed by atoms with E-state index in [1.165, 1.54) is 0 Å². The molecular formula is C20H17ClF3N5O2. The molecule has 1 saturated heterocycles. The van der Waals surface area contributed by atoms with Gasteiger partial charge in [0.05, 0.1) is 10.6 Å². The molecule has 3 heterocycles. The molecule has 0 atom stereocenters. The second-order valence-corrected chi connectivity index (χ2v) is 7.44. The van der Waals surface area contributed by atoms with Gasteiger partial charge >= 0.3 is 6.18 Å². The van der Waals surface area contributed by atoms with Crippen molar-refractivity contribution in [3.63, 3.8) is 0 Å². The maximum atomic E-state index is 12.8. The lowest BCUT2D eigenvalue weighted by atomic mass is 10.1. The largest absolute Gasteiger partial charge is 0.417 e. The van der Waals surface area contributed by atoms with Crippen LogP contribution in [0.2, 0.25) is 5.02 Å². The summed E-state index contributed by atoms with van der Waals surface area (Å²) in [5.74, 6) is 1.04. The highest BCUT2D eigenvalue weighted by Gasteiger charge is 2.32. The topological polar surface area (TPSA) is 75.4 Å². The number of hydrogen-bond acceptors (Lipinski definition) is 6. The molecule has 3 aromatic rings. The van der Waals surface area contributed by atoms with Crippen LogP contribution in [0.4, 0.5) is 19.0 Å². The Morgan fingerprint density at radius 2 is 1.81 bits per heavy atom. The molecular weight excluding hydrogens is 435 g/mol. The predicted octanol–water partition coefficient (Wildman–Crippen LogP) is 4.07. The molecule has 0 spiro atoms. The molecule has 1 aliphatic rings. The summed E-state index contributed by atoms with van der Waals surface area (Å²) in [6.45, 7) is 3.31. The number of nitrogens with zero attached hydrogens (tertiary/aromatic N) is 5. The zero-order valence-corrected chi connectivity index (χ0v) is 17.1. The van der Waals surface area contributed by atoms with E-state index in [1.807, 2.05) is 0 Å². The minimum atomic E-state index is -4.50. The Morgan fingerprint density at radius 3 is 2.35 bits per heavy atom. The SMILES string of the molecule is Cc1noc(-c2ccc(C(=O)N3CCN(c4ncc(C(F)(F)F)cc4Cl)CC3)cc2)n1. The van der Waals surface area contributed by atoms with Gasteiger partial charge in [-0.2, -0.15) is 18.2 Å². The number of alkyl halides is 3. The number of hydrogen-bond donors (Lipinski definition) is 0. The van der Waals surface area contributed by atoms with Gasteiger partial charge in [-0.1, -0.05) is 16.8 Å². The number of carbonyl (C=O) groups is 1. The average molecular weight is 452 g/mol. The van der Waals surface area contributed by atoms with Crippen LogP contribution >= 0.6 is 11.6 Å². The third kappa shape index (κ3) is 4.48. The minimum Gasteiger partial charge on any atom is -0.352 e. The van der Waals surface area contributed by atoms with Crippen LogP contribution in [0, 0.1) is 6.92 Å². The molecule has 0 unspecified atom stereocenters. The Labute approximate surface area is 180 Å². The lowest BCUT2D eigenvalue weighted by molar-refractivity contribution is -0.137. The third-order valence-corrected chi connectivity index (χ3v) is 5.20. The number of amides is 1. The van der Waals surface area contributed by atoms with E-state index in [2.05, 4.69) is 15.1 Å². The number of piperazine rings is 1. The predicted molar refractivity (Wildman–Crippen MR) is 107 cm³/mol. The van der Waals surface area contributed by atoms with Gasteiger partial charge in [0, 0.05) is 43.5 Å². The first-order valence-corrected chi connectivity index (χ1v) is 9.78. The van der Waals surface area contributed by atoms with Crippen molar-refractivity contribution in [1.82, 2.24) is 20.0 Å². The summed E-state index contributed by atoms with van der Waals surface area (Å²) in [7, 11) is 0. The van der Waals surface area contributed by atoms with E-state index < -0.39 is 11.7 Å². The van der Waals surface area contributed by atoms with Crippen molar-refractivity contribution in [1.29, 1.82) is 0 Å². The molecule has 0 N–H and O–H groups in total. The van der Waals surface area contributed by atoms with Crippen LogP contribution in [0.25, 0.3) is 11.5 Å². The average Bonchev–Trinajstić information content (AvgIpc) is 3.19. The Bertz CT molecular complexity index is 1090. The van der Waals surface area contributed by atoms with Gasteiger partial charge in [-0.15, -0.1) is 0 Å². The molecule has 0 radical (unpaired) electrons. The Morgan fingerprint density at radius 1 is 1.13 bits per heavy atom. The Balaban J connectivity index is 1.40. The van der Waals surface area contributed by atoms with Crippen LogP contribution in [0.15, 0.2) is 41.1 Å². The highest BCUT2D eigenvalue weighted by molar-refractivity contribution is 6.33. The number of benzene rings is 1. The number of pyridine rings is 1. The first-order valence-electron chi connectivity index (χ1n) is 9.40. The Hall–Kier alpha value is -3.14. The molecule has 31 heavy (non-hydrogen) atoms. The first kappa shape index (κ1) is 21.1. The van der Waals surface area contributed by atoms with Crippen LogP contribution in [0.3, 0.4) is 0 Å². The van der Waals surface area contributed by atoms with E-state index in [1.54, 1.807) is 41.0 Å². The zero-order valence-electron chi connectivity index (χ0n) is 16.4. The highest BCUT2D eigenvalue weighted by Crippen LogP contribution is 2.33. The van der Waals surface area contributed by atoms with Gasteiger partial charge in [-0.25, -0.2) is 4.98 Å². The van der Waals surface area contributed by atoms with Gasteiger partial charge in [0.15, 0.2) is 5.82 Å². The van der Waals surface area contributed by atoms with Crippen molar-refractivity contribution < 1.29 is 22.5 Å². The summed E-state index contributed by atoms with van der Waals surface area (Å²) < 4.78 is 43.5. The van der Waals surface area contributed by atoms with Crippen molar-refractivity contribution in [3.8, 4) is 11.5 Å². The summed E-state index contributed by atoms with van der Waals surface area (Å²) in [6.07, 6.45) is -3.73. The fourth-order valence-electron chi connectivity index (χ4n) is 3.29. The van der Waals surface area contributed by atoms with E-state index in [0.29, 0.717) is 49.0 Å². The molecule has 4 rings (SSSR count). The molecule has 162 valence electrons. The van der Waals surface area contributed by atoms with Gasteiger partial charge in [-0.3, -0.25) is 4.79 Å². The Kier molecular flexibility index (Phi) is 5.57. The summed E-state index contributed by atoms with van der Waals surface area (Å²) in [6, 6.07) is 7.73. The second-order valence-electron chi connectivity index (χ2n) is 7.03. The number of aromatic nitrogens is 3. The molecule has 1 aromatic carbocycles. The van der Waals surface area contributed by atoms with Crippen molar-refractivity contribution in [2.24, 2.45) is 0 Å². The number of carbonyl (C=O) groups excluding carboxylic acids is 1. The van der Waals surface area contributed by atoms with E-state index >= 15 is 0 Å². The number of aryl methyl sites for hydroxylation is 1. The van der Waals surface area contributed by atoms with Gasteiger partial charge in [0.25, 0.3) is 11.8 Å². The van der Waals surface area contributed by atoms with Crippen molar-refractivity contribution in [2.75, 3.05) is 31.1 Å². The fraction of sp³-hybridized carbons (Fsp3) is 0.300. The normalized spacial score (nSPS) is 14.7. The van der Waals surface area contributed by atoms with Crippen LogP contribution in [0.5, 0.6) is 0 Å². The molecule has 0 bridgehead atoms. The fourth-order valence-corrected chi connectivity index (χ4v) is 3.58. The molecule has 1 aliphatic heterocycles. The third-order valence-electron chi connectivity index (χ3n) is 4.92. The number of halogens is 4. The first-order chi connectivity index (χ1) is 14.7. The lowest BCUT2D eigenvalue weighted by Crippen LogP contribution is -2.49. The quantitative estimate of drug-likeness (QED) is 0.597. The van der Waals surface area contributed by atoms with Crippen LogP contribution < -0.4 is 4.90 Å². The molecule has 1 amide bonds. The second kappa shape index (κ2) is 8.18. The van der Waals surface area contributed by atoms with Crippen molar-refractivity contribution in [3.05, 3.63) is 58.5 Å². The summed E-state index contributed by atoms with van der Waals surface area (Å²) >= 11 is 6.03. The van der Waals surface area contributed by atoms with E-state index in [9.17, 15) is 18.0 Å². The monoisotopic (exact) mass is 451 g/mol. The van der Waals surface area contributed by atoms with E-state index in [0.717, 1.165) is 12.3 Å². The number of rotatable bonds is 3. The molecule has 7 nitrogen and oxygen atoms in total. The highest BCUT2D eigenvalue weighted by atomic mass is 35.5. The maximum absolute atomic E-state index is 12.8. The van der Waals surface area contributed by atoms with E-state index in [4.69, 9.17) is 16.1 Å². The molecule has 0 saturated carbocycles. The summed E-state index contributed by atoms with van der Waals surface area (Å²) in [5, 5.41) is 3.67. The zero-order chi connectivity index (χ0) is 22.2. The minimum absolute atomic E-state index is 0.0681. The standard InChI is InChI=1S/C20H17ClF3N5O2/c1-12-26-18(31-27-12)13-2-4-14(5-3-13)19(30)29-8-6-28(7-9-29)17-16(21)10-15(11-25-17)20(22,23)24/h2-5,10-11H,6-9H2,1H3. The molecule has 2 aromatic heterocycles. The van der Waals surface area contributed by atoms with Crippen molar-refractivity contribution in [2.45, 2.75) is 13.1 Å². The van der Waals surface area contributed by atoms with Gasteiger partial charge < -0.3 is 14.3 Å². The van der Waals surface area contributed by atoms with Gasteiger partial charge in [0.2, 0.25) is 0 Å². The maximum Gasteiger partial charge on any atom is 0.417 e. The number of anilines is 1. The van der Waals surface area contributed by atoms with Gasteiger partial charge in [-0.05, 0) is 37.3 Å². The summed E-state index contributed by atoms with van der Waals surface area (Å²) in [5.41, 5.74) is 0.332. The van der Waals surface area contributed by atoms with Crippen molar-refractivity contribution >= 4 is 23.3 Å². The van der Waals surface area contributed by atoms with Crippen LogP contribution in [0.1, 0.15) is 21.7 Å². The summed E-state index contributed by atoms with van der Waals surface area (Å²) in [4.78, 5) is 24.3. The van der Waals surface area contributed by atoms with E-state index in [-0.39, 0.29) is 16.7 Å². The molecule has 11 heteroatoms. The smallest absolute Gasteiger partial charge is 0.352 e. The van der Waals surface area contributed by atoms with Crippen LogP contribution in [-0.4, -0.2) is 52.1 Å². The molecule has 1 fully saturated rings. The molecule has 0 aliphatic carbocycles. The van der Waals surface area contributed by atoms with Crippen LogP contribution in [-0.2, 0) is 6.18 Å².